The maximum atomic E-state index is 12.0. The highest BCUT2D eigenvalue weighted by Gasteiger charge is 2.10. The molecule has 0 aromatic carbocycles. The normalized spacial score (nSPS) is 10.9. The van der Waals surface area contributed by atoms with E-state index in [1.165, 1.54) is 6.33 Å². The van der Waals surface area contributed by atoms with E-state index in [-0.39, 0.29) is 0 Å². The SMILES string of the molecule is Cn1cc(-c2ncccc2CNC(=O)OCCCc2cnc3ncnn3c2)cn1. The van der Waals surface area contributed by atoms with Crippen molar-refractivity contribution in [3.8, 4) is 11.3 Å². The van der Waals surface area contributed by atoms with Crippen LogP contribution >= 0.6 is 0 Å². The third-order valence-corrected chi connectivity index (χ3v) is 4.32. The number of hydrogen-bond acceptors (Lipinski definition) is 7. The lowest BCUT2D eigenvalue weighted by atomic mass is 10.1. The van der Waals surface area contributed by atoms with E-state index in [4.69, 9.17) is 4.74 Å². The maximum Gasteiger partial charge on any atom is 0.407 e. The highest BCUT2D eigenvalue weighted by Crippen LogP contribution is 2.20. The van der Waals surface area contributed by atoms with E-state index in [1.807, 2.05) is 31.6 Å². The van der Waals surface area contributed by atoms with Crippen LogP contribution in [0, 0.1) is 0 Å². The molecule has 0 radical (unpaired) electrons. The van der Waals surface area contributed by atoms with Crippen LogP contribution in [0.15, 0.2) is 49.4 Å². The van der Waals surface area contributed by atoms with Crippen LogP contribution in [0.5, 0.6) is 0 Å². The molecular formula is C19H20N8O2. The minimum Gasteiger partial charge on any atom is -0.450 e. The van der Waals surface area contributed by atoms with Gasteiger partial charge in [0.1, 0.15) is 6.33 Å². The average molecular weight is 392 g/mol. The van der Waals surface area contributed by atoms with Crippen molar-refractivity contribution in [2.45, 2.75) is 19.4 Å². The number of carbonyl (C=O) groups is 1. The van der Waals surface area contributed by atoms with Crippen molar-refractivity contribution in [3.63, 3.8) is 0 Å². The second kappa shape index (κ2) is 8.46. The highest BCUT2D eigenvalue weighted by atomic mass is 16.5. The summed E-state index contributed by atoms with van der Waals surface area (Å²) in [4.78, 5) is 24.6. The van der Waals surface area contributed by atoms with E-state index in [0.29, 0.717) is 25.4 Å². The smallest absolute Gasteiger partial charge is 0.407 e. The first-order valence-corrected chi connectivity index (χ1v) is 9.17. The molecule has 10 nitrogen and oxygen atoms in total. The molecule has 29 heavy (non-hydrogen) atoms. The zero-order chi connectivity index (χ0) is 20.1. The number of pyridine rings is 1. The summed E-state index contributed by atoms with van der Waals surface area (Å²) in [6.07, 6.45) is 11.4. The van der Waals surface area contributed by atoms with Crippen LogP contribution in [-0.4, -0.2) is 47.0 Å². The fourth-order valence-electron chi connectivity index (χ4n) is 2.93. The van der Waals surface area contributed by atoms with Gasteiger partial charge >= 0.3 is 6.09 Å². The predicted octanol–water partition coefficient (Wildman–Crippen LogP) is 1.78. The topological polar surface area (TPSA) is 112 Å². The van der Waals surface area contributed by atoms with Crippen LogP contribution in [0.3, 0.4) is 0 Å². The molecule has 0 bridgehead atoms. The molecule has 4 aromatic heterocycles. The van der Waals surface area contributed by atoms with Crippen molar-refractivity contribution in [1.82, 2.24) is 39.7 Å². The highest BCUT2D eigenvalue weighted by molar-refractivity contribution is 5.68. The predicted molar refractivity (Wildman–Crippen MR) is 104 cm³/mol. The zero-order valence-electron chi connectivity index (χ0n) is 15.9. The van der Waals surface area contributed by atoms with Gasteiger partial charge in [0.25, 0.3) is 5.78 Å². The third kappa shape index (κ3) is 4.54. The molecule has 1 amide bonds. The number of aryl methyl sites for hydroxylation is 2. The molecule has 4 rings (SSSR count). The molecule has 0 aliphatic heterocycles. The molecule has 4 aromatic rings. The van der Waals surface area contributed by atoms with Gasteiger partial charge in [-0.1, -0.05) is 6.07 Å². The van der Waals surface area contributed by atoms with Crippen molar-refractivity contribution >= 4 is 11.9 Å². The number of hydrogen-bond donors (Lipinski definition) is 1. The first-order chi connectivity index (χ1) is 14.2. The lowest BCUT2D eigenvalue weighted by Gasteiger charge is -2.09. The van der Waals surface area contributed by atoms with Crippen LogP contribution in [-0.2, 0) is 24.8 Å². The number of fused-ring (bicyclic) bond motifs is 1. The van der Waals surface area contributed by atoms with E-state index in [1.54, 1.807) is 27.8 Å². The minimum absolute atomic E-state index is 0.309. The van der Waals surface area contributed by atoms with Crippen molar-refractivity contribution in [3.05, 3.63) is 60.6 Å². The Kier molecular flexibility index (Phi) is 5.41. The first kappa shape index (κ1) is 18.5. The van der Waals surface area contributed by atoms with Crippen LogP contribution in [0.4, 0.5) is 4.79 Å². The fourth-order valence-corrected chi connectivity index (χ4v) is 2.93. The van der Waals surface area contributed by atoms with Crippen LogP contribution in [0.25, 0.3) is 17.0 Å². The molecule has 0 spiro atoms. The fraction of sp³-hybridized carbons (Fsp3) is 0.263. The number of aromatic nitrogens is 7. The summed E-state index contributed by atoms with van der Waals surface area (Å²) < 4.78 is 8.60. The van der Waals surface area contributed by atoms with Gasteiger partial charge < -0.3 is 10.1 Å². The number of amides is 1. The summed E-state index contributed by atoms with van der Waals surface area (Å²) in [5, 5.41) is 11.0. The largest absolute Gasteiger partial charge is 0.450 e. The van der Waals surface area contributed by atoms with E-state index >= 15 is 0 Å². The Labute approximate surface area is 166 Å². The van der Waals surface area contributed by atoms with E-state index in [9.17, 15) is 4.79 Å². The molecule has 10 heteroatoms. The molecule has 1 N–H and O–H groups in total. The molecule has 0 fully saturated rings. The molecule has 0 saturated carbocycles. The van der Waals surface area contributed by atoms with Crippen LogP contribution in [0.2, 0.25) is 0 Å². The van der Waals surface area contributed by atoms with Crippen LogP contribution in [0.1, 0.15) is 17.5 Å². The summed E-state index contributed by atoms with van der Waals surface area (Å²) >= 11 is 0. The van der Waals surface area contributed by atoms with Crippen LogP contribution < -0.4 is 5.32 Å². The van der Waals surface area contributed by atoms with Gasteiger partial charge in [0.15, 0.2) is 0 Å². The van der Waals surface area contributed by atoms with Crippen molar-refractivity contribution in [1.29, 1.82) is 0 Å². The number of nitrogens with one attached hydrogen (secondary N) is 1. The van der Waals surface area contributed by atoms with Gasteiger partial charge in [0.05, 0.1) is 18.5 Å². The Hall–Kier alpha value is -3.82. The quantitative estimate of drug-likeness (QED) is 0.477. The van der Waals surface area contributed by atoms with Gasteiger partial charge in [-0.05, 0) is 30.0 Å². The Balaban J connectivity index is 1.24. The molecule has 0 aliphatic rings. The summed E-state index contributed by atoms with van der Waals surface area (Å²) in [5.74, 6) is 0.561. The summed E-state index contributed by atoms with van der Waals surface area (Å²) in [6, 6.07) is 3.76. The van der Waals surface area contributed by atoms with Crippen molar-refractivity contribution < 1.29 is 9.53 Å². The number of ether oxygens (including phenoxy) is 1. The molecule has 148 valence electrons. The average Bonchev–Trinajstić information content (AvgIpc) is 3.38. The Morgan fingerprint density at radius 3 is 2.97 bits per heavy atom. The number of carbonyl (C=O) groups excluding carboxylic acids is 1. The van der Waals surface area contributed by atoms with Crippen molar-refractivity contribution in [2.24, 2.45) is 7.05 Å². The van der Waals surface area contributed by atoms with Gasteiger partial charge in [-0.2, -0.15) is 15.2 Å². The Morgan fingerprint density at radius 1 is 1.17 bits per heavy atom. The zero-order valence-corrected chi connectivity index (χ0v) is 15.9. The summed E-state index contributed by atoms with van der Waals surface area (Å²) in [7, 11) is 1.85. The molecule has 0 aliphatic carbocycles. The van der Waals surface area contributed by atoms with E-state index < -0.39 is 6.09 Å². The molecule has 4 heterocycles. The lowest BCUT2D eigenvalue weighted by Crippen LogP contribution is -2.24. The van der Waals surface area contributed by atoms with E-state index in [2.05, 4.69) is 30.5 Å². The first-order valence-electron chi connectivity index (χ1n) is 9.17. The minimum atomic E-state index is -0.462. The molecule has 0 saturated heterocycles. The molecule has 0 atom stereocenters. The monoisotopic (exact) mass is 392 g/mol. The number of alkyl carbamates (subject to hydrolysis) is 1. The summed E-state index contributed by atoms with van der Waals surface area (Å²) in [5.41, 5.74) is 3.58. The van der Waals surface area contributed by atoms with Gasteiger partial charge in [0, 0.05) is 43.9 Å². The maximum absolute atomic E-state index is 12.0. The van der Waals surface area contributed by atoms with Gasteiger partial charge in [-0.25, -0.2) is 14.3 Å². The van der Waals surface area contributed by atoms with Gasteiger partial charge in [-0.3, -0.25) is 9.67 Å². The second-order valence-electron chi connectivity index (χ2n) is 6.47. The Morgan fingerprint density at radius 2 is 2.10 bits per heavy atom. The standard InChI is InChI=1S/C19H20N8O2/c1-26-12-16(10-24-26)17-15(5-2-6-20-17)9-22-19(28)29-7-3-4-14-8-21-18-23-13-25-27(18)11-14/h2,5-6,8,10-13H,3-4,7,9H2,1H3,(H,22,28). The Bertz CT molecular complexity index is 1120. The third-order valence-electron chi connectivity index (χ3n) is 4.32. The summed E-state index contributed by atoms with van der Waals surface area (Å²) in [6.45, 7) is 0.632. The van der Waals surface area contributed by atoms with Gasteiger partial charge in [-0.15, -0.1) is 0 Å². The second-order valence-corrected chi connectivity index (χ2v) is 6.47. The molecule has 0 unspecified atom stereocenters. The molecular weight excluding hydrogens is 372 g/mol. The number of rotatable bonds is 7. The van der Waals surface area contributed by atoms with E-state index in [0.717, 1.165) is 28.8 Å². The van der Waals surface area contributed by atoms with Crippen molar-refractivity contribution in [2.75, 3.05) is 6.61 Å². The lowest BCUT2D eigenvalue weighted by molar-refractivity contribution is 0.144. The number of nitrogens with zero attached hydrogens (tertiary/aromatic N) is 7. The van der Waals surface area contributed by atoms with Gasteiger partial charge in [0.2, 0.25) is 0 Å².